The highest BCUT2D eigenvalue weighted by Crippen LogP contribution is 2.28. The summed E-state index contributed by atoms with van der Waals surface area (Å²) in [5.41, 5.74) is 5.83. The largest absolute Gasteiger partial charge is 0.356 e. The van der Waals surface area contributed by atoms with Gasteiger partial charge in [0.15, 0.2) is 0 Å². The van der Waals surface area contributed by atoms with Crippen molar-refractivity contribution >= 4 is 16.9 Å². The van der Waals surface area contributed by atoms with Crippen LogP contribution in [0.4, 0.5) is 0 Å². The van der Waals surface area contributed by atoms with Gasteiger partial charge in [-0.05, 0) is 54.0 Å². The molecule has 4 nitrogen and oxygen atoms in total. The smallest absolute Gasteiger partial charge is 0.224 e. The third-order valence-electron chi connectivity index (χ3n) is 8.04. The van der Waals surface area contributed by atoms with Crippen LogP contribution in [0.5, 0.6) is 0 Å². The van der Waals surface area contributed by atoms with Crippen molar-refractivity contribution in [3.8, 4) is 11.1 Å². The van der Waals surface area contributed by atoms with Gasteiger partial charge in [0.05, 0.1) is 17.5 Å². The molecule has 0 spiro atoms. The number of benzene rings is 3. The molecule has 1 aromatic heterocycles. The van der Waals surface area contributed by atoms with E-state index < -0.39 is 0 Å². The predicted molar refractivity (Wildman–Crippen MR) is 157 cm³/mol. The Hall–Kier alpha value is -3.40. The molecule has 1 heterocycles. The second kappa shape index (κ2) is 13.4. The number of para-hydroxylation sites is 2. The number of hydrogen-bond donors (Lipinski definition) is 1. The third-order valence-corrected chi connectivity index (χ3v) is 8.04. The standard InChI is InChI=1S/C34H41N3O/c38-34(26-28-19-21-30(22-20-28)29-14-6-2-7-15-29)35-24-11-3-8-18-33-36-31-16-9-10-17-32(31)37(33)25-23-27-12-4-1-5-13-27/h2,6-7,9-10,14-17,19-22,27H,1,3-5,8,11-13,18,23-26H2,(H,35,38). The lowest BCUT2D eigenvalue weighted by Crippen LogP contribution is -2.26. The summed E-state index contributed by atoms with van der Waals surface area (Å²) in [6.45, 7) is 1.82. The van der Waals surface area contributed by atoms with E-state index in [0.717, 1.165) is 55.8 Å². The maximum atomic E-state index is 12.4. The summed E-state index contributed by atoms with van der Waals surface area (Å²) in [5, 5.41) is 3.11. The summed E-state index contributed by atoms with van der Waals surface area (Å²) in [6.07, 6.45) is 12.9. The maximum absolute atomic E-state index is 12.4. The Morgan fingerprint density at radius 1 is 0.816 bits per heavy atom. The van der Waals surface area contributed by atoms with Gasteiger partial charge in [-0.25, -0.2) is 4.98 Å². The van der Waals surface area contributed by atoms with Crippen LogP contribution in [0.15, 0.2) is 78.9 Å². The van der Waals surface area contributed by atoms with Gasteiger partial charge < -0.3 is 9.88 Å². The first-order chi connectivity index (χ1) is 18.8. The monoisotopic (exact) mass is 507 g/mol. The Morgan fingerprint density at radius 3 is 2.37 bits per heavy atom. The normalized spacial score (nSPS) is 14.1. The SMILES string of the molecule is O=C(Cc1ccc(-c2ccccc2)cc1)NCCCCCc1nc2ccccc2n1CCC1CCCCC1. The van der Waals surface area contributed by atoms with Crippen LogP contribution in [0.1, 0.15) is 69.2 Å². The summed E-state index contributed by atoms with van der Waals surface area (Å²) in [4.78, 5) is 17.4. The number of imidazole rings is 1. The van der Waals surface area contributed by atoms with Crippen molar-refractivity contribution < 1.29 is 4.79 Å². The molecule has 1 aliphatic carbocycles. The number of unbranched alkanes of at least 4 members (excludes halogenated alkanes) is 2. The zero-order chi connectivity index (χ0) is 26.0. The summed E-state index contributed by atoms with van der Waals surface area (Å²) in [7, 11) is 0. The van der Waals surface area contributed by atoms with Crippen LogP contribution >= 0.6 is 0 Å². The molecule has 198 valence electrons. The molecule has 0 radical (unpaired) electrons. The first-order valence-electron chi connectivity index (χ1n) is 14.6. The number of carbonyl (C=O) groups excluding carboxylic acids is 1. The molecular weight excluding hydrogens is 466 g/mol. The van der Waals surface area contributed by atoms with E-state index in [1.165, 1.54) is 61.0 Å². The second-order valence-corrected chi connectivity index (χ2v) is 10.9. The van der Waals surface area contributed by atoms with Crippen molar-refractivity contribution in [1.29, 1.82) is 0 Å². The summed E-state index contributed by atoms with van der Waals surface area (Å²) in [6, 6.07) is 27.2. The zero-order valence-corrected chi connectivity index (χ0v) is 22.6. The van der Waals surface area contributed by atoms with Crippen molar-refractivity contribution in [3.05, 3.63) is 90.3 Å². The summed E-state index contributed by atoms with van der Waals surface area (Å²) < 4.78 is 2.48. The van der Waals surface area contributed by atoms with E-state index in [0.29, 0.717) is 6.42 Å². The summed E-state index contributed by atoms with van der Waals surface area (Å²) in [5.74, 6) is 2.20. The van der Waals surface area contributed by atoms with Gasteiger partial charge in [0.2, 0.25) is 5.91 Å². The van der Waals surface area contributed by atoms with Crippen molar-refractivity contribution in [2.45, 2.75) is 77.2 Å². The average Bonchev–Trinajstić information content (AvgIpc) is 3.32. The van der Waals surface area contributed by atoms with Crippen LogP contribution in [-0.2, 0) is 24.2 Å². The van der Waals surface area contributed by atoms with Crippen LogP contribution in [0.3, 0.4) is 0 Å². The number of amides is 1. The number of hydrogen-bond acceptors (Lipinski definition) is 2. The van der Waals surface area contributed by atoms with E-state index in [9.17, 15) is 4.79 Å². The molecule has 0 aliphatic heterocycles. The highest BCUT2D eigenvalue weighted by molar-refractivity contribution is 5.79. The van der Waals surface area contributed by atoms with Crippen molar-refractivity contribution in [1.82, 2.24) is 14.9 Å². The van der Waals surface area contributed by atoms with Crippen LogP contribution in [-0.4, -0.2) is 22.0 Å². The second-order valence-electron chi connectivity index (χ2n) is 10.9. The van der Waals surface area contributed by atoms with E-state index in [-0.39, 0.29) is 5.91 Å². The molecule has 5 rings (SSSR count). The number of rotatable bonds is 12. The molecule has 1 fully saturated rings. The first kappa shape index (κ1) is 26.2. The van der Waals surface area contributed by atoms with Crippen molar-refractivity contribution in [3.63, 3.8) is 0 Å². The quantitative estimate of drug-likeness (QED) is 0.199. The van der Waals surface area contributed by atoms with E-state index in [4.69, 9.17) is 4.98 Å². The Kier molecular flexibility index (Phi) is 9.25. The molecule has 4 heteroatoms. The molecule has 0 atom stereocenters. The zero-order valence-electron chi connectivity index (χ0n) is 22.6. The Balaban J connectivity index is 1.04. The number of aryl methyl sites for hydroxylation is 2. The fraction of sp³-hybridized carbons (Fsp3) is 0.412. The van der Waals surface area contributed by atoms with E-state index in [1.807, 2.05) is 18.2 Å². The molecule has 1 saturated carbocycles. The molecule has 38 heavy (non-hydrogen) atoms. The fourth-order valence-corrected chi connectivity index (χ4v) is 5.86. The maximum Gasteiger partial charge on any atom is 0.224 e. The lowest BCUT2D eigenvalue weighted by atomic mass is 9.87. The van der Waals surface area contributed by atoms with Gasteiger partial charge in [0.1, 0.15) is 5.82 Å². The van der Waals surface area contributed by atoms with Crippen molar-refractivity contribution in [2.75, 3.05) is 6.54 Å². The number of aromatic nitrogens is 2. The van der Waals surface area contributed by atoms with E-state index in [2.05, 4.69) is 70.5 Å². The molecule has 1 N–H and O–H groups in total. The average molecular weight is 508 g/mol. The number of fused-ring (bicyclic) bond motifs is 1. The fourth-order valence-electron chi connectivity index (χ4n) is 5.86. The van der Waals surface area contributed by atoms with Crippen molar-refractivity contribution in [2.24, 2.45) is 5.92 Å². The van der Waals surface area contributed by atoms with E-state index in [1.54, 1.807) is 0 Å². The number of nitrogens with zero attached hydrogens (tertiary/aromatic N) is 2. The topological polar surface area (TPSA) is 46.9 Å². The van der Waals surface area contributed by atoms with Crippen LogP contribution in [0.25, 0.3) is 22.2 Å². The molecule has 4 aromatic rings. The first-order valence-corrected chi connectivity index (χ1v) is 14.6. The van der Waals surface area contributed by atoms with Gasteiger partial charge in [0.25, 0.3) is 0 Å². The molecule has 1 amide bonds. The van der Waals surface area contributed by atoms with Gasteiger partial charge in [-0.15, -0.1) is 0 Å². The van der Waals surface area contributed by atoms with E-state index >= 15 is 0 Å². The third kappa shape index (κ3) is 7.12. The minimum absolute atomic E-state index is 0.0990. The summed E-state index contributed by atoms with van der Waals surface area (Å²) >= 11 is 0. The molecule has 0 bridgehead atoms. The minimum Gasteiger partial charge on any atom is -0.356 e. The van der Waals surface area contributed by atoms with Crippen LogP contribution in [0, 0.1) is 5.92 Å². The van der Waals surface area contributed by atoms with Gasteiger partial charge in [-0.1, -0.05) is 105 Å². The van der Waals surface area contributed by atoms with Gasteiger partial charge in [-0.2, -0.15) is 0 Å². The lowest BCUT2D eigenvalue weighted by molar-refractivity contribution is -0.120. The highest BCUT2D eigenvalue weighted by Gasteiger charge is 2.16. The Labute approximate surface area is 227 Å². The van der Waals surface area contributed by atoms with Crippen LogP contribution < -0.4 is 5.32 Å². The Morgan fingerprint density at radius 2 is 1.55 bits per heavy atom. The number of nitrogens with one attached hydrogen (secondary N) is 1. The van der Waals surface area contributed by atoms with Gasteiger partial charge >= 0.3 is 0 Å². The molecule has 0 unspecified atom stereocenters. The molecular formula is C34H41N3O. The van der Waals surface area contributed by atoms with Gasteiger partial charge in [-0.3, -0.25) is 4.79 Å². The lowest BCUT2D eigenvalue weighted by Gasteiger charge is -2.22. The highest BCUT2D eigenvalue weighted by atomic mass is 16.1. The van der Waals surface area contributed by atoms with Gasteiger partial charge in [0, 0.05) is 19.5 Å². The molecule has 3 aromatic carbocycles. The Bertz CT molecular complexity index is 1290. The minimum atomic E-state index is 0.0990. The molecule has 1 aliphatic rings. The predicted octanol–water partition coefficient (Wildman–Crippen LogP) is 7.75. The van der Waals surface area contributed by atoms with Crippen LogP contribution in [0.2, 0.25) is 0 Å². The molecule has 0 saturated heterocycles. The number of carbonyl (C=O) groups is 1.